The second-order valence-corrected chi connectivity index (χ2v) is 10.2. The molecule has 4 saturated carbocycles. The molecule has 0 radical (unpaired) electrons. The molecule has 2 bridgehead atoms. The Balaban J connectivity index is 1.76. The van der Waals surface area contributed by atoms with Crippen LogP contribution in [0.4, 0.5) is 0 Å². The van der Waals surface area contributed by atoms with E-state index in [4.69, 9.17) is 4.74 Å². The molecule has 0 heterocycles. The van der Waals surface area contributed by atoms with Gasteiger partial charge in [0.15, 0.2) is 0 Å². The Hall–Kier alpha value is -0.910. The molecule has 0 aromatic rings. The van der Waals surface area contributed by atoms with Gasteiger partial charge in [0.05, 0.1) is 18.8 Å². The van der Waals surface area contributed by atoms with Crippen LogP contribution in [0.5, 0.6) is 0 Å². The number of esters is 1. The molecule has 4 aliphatic carbocycles. The van der Waals surface area contributed by atoms with Crippen molar-refractivity contribution in [1.82, 2.24) is 0 Å². The topological polar surface area (TPSA) is 87.0 Å². The van der Waals surface area contributed by atoms with E-state index in [1.807, 2.05) is 6.92 Å². The minimum atomic E-state index is -0.644. The third kappa shape index (κ3) is 2.31. The van der Waals surface area contributed by atoms with Crippen LogP contribution < -0.4 is 0 Å². The number of hydrogen-bond donors (Lipinski definition) is 3. The summed E-state index contributed by atoms with van der Waals surface area (Å²) in [4.78, 5) is 11.6. The van der Waals surface area contributed by atoms with Crippen LogP contribution in [0.3, 0.4) is 0 Å². The Morgan fingerprint density at radius 3 is 2.56 bits per heavy atom. The van der Waals surface area contributed by atoms with Crippen molar-refractivity contribution in [3.8, 4) is 0 Å². The van der Waals surface area contributed by atoms with Gasteiger partial charge < -0.3 is 20.1 Å². The number of fused-ring (bicyclic) bond motifs is 3. The van der Waals surface area contributed by atoms with E-state index in [-0.39, 0.29) is 35.9 Å². The molecule has 1 spiro atoms. The van der Waals surface area contributed by atoms with E-state index in [9.17, 15) is 20.1 Å². The number of aliphatic hydroxyl groups is 3. The molecule has 5 heteroatoms. The van der Waals surface area contributed by atoms with Crippen molar-refractivity contribution in [2.75, 3.05) is 6.61 Å². The van der Waals surface area contributed by atoms with E-state index in [2.05, 4.69) is 13.5 Å². The Bertz CT molecular complexity index is 661. The number of ether oxygens (including phenoxy) is 1. The summed E-state index contributed by atoms with van der Waals surface area (Å²) in [5.74, 6) is 0.219. The first-order valence-corrected chi connectivity index (χ1v) is 10.4. The highest BCUT2D eigenvalue weighted by Crippen LogP contribution is 2.72. The standard InChI is InChI=1S/C22H34O5/c1-12-14-5-6-15-20(3)8-7-18(27-13(2)24)21(4,11-23)16(20)9-17(25)22(15,10-14)19(12)26/h14-19,23,25-26H,1,5-11H2,2-4H3/t14-,15+,16+,17+,18-,19+,20+,21-,22-/m1/s1. The first kappa shape index (κ1) is 19.4. The average Bonchev–Trinajstić information content (AvgIpc) is 2.81. The third-order valence-corrected chi connectivity index (χ3v) is 9.23. The smallest absolute Gasteiger partial charge is 0.302 e. The van der Waals surface area contributed by atoms with Crippen molar-refractivity contribution in [1.29, 1.82) is 0 Å². The summed E-state index contributed by atoms with van der Waals surface area (Å²) in [6.45, 7) is 9.78. The van der Waals surface area contributed by atoms with E-state index < -0.39 is 23.0 Å². The van der Waals surface area contributed by atoms with Gasteiger partial charge in [-0.05, 0) is 67.3 Å². The van der Waals surface area contributed by atoms with Crippen LogP contribution >= 0.6 is 0 Å². The van der Waals surface area contributed by atoms with Crippen molar-refractivity contribution in [2.24, 2.45) is 34.0 Å². The third-order valence-electron chi connectivity index (χ3n) is 9.23. The van der Waals surface area contributed by atoms with E-state index in [0.29, 0.717) is 18.8 Å². The van der Waals surface area contributed by atoms with E-state index in [1.54, 1.807) is 0 Å². The molecule has 0 unspecified atom stereocenters. The predicted molar refractivity (Wildman–Crippen MR) is 101 cm³/mol. The van der Waals surface area contributed by atoms with Crippen LogP contribution in [-0.4, -0.2) is 46.2 Å². The van der Waals surface area contributed by atoms with Crippen molar-refractivity contribution >= 4 is 5.97 Å². The highest BCUT2D eigenvalue weighted by Gasteiger charge is 2.71. The van der Waals surface area contributed by atoms with Gasteiger partial charge in [0.1, 0.15) is 6.10 Å². The molecular weight excluding hydrogens is 344 g/mol. The monoisotopic (exact) mass is 378 g/mol. The van der Waals surface area contributed by atoms with Crippen LogP contribution in [0.1, 0.15) is 59.3 Å². The molecule has 4 fully saturated rings. The summed E-state index contributed by atoms with van der Waals surface area (Å²) in [6.07, 6.45) is 3.34. The van der Waals surface area contributed by atoms with Crippen LogP contribution in [0, 0.1) is 34.0 Å². The van der Waals surface area contributed by atoms with Gasteiger partial charge >= 0.3 is 5.97 Å². The van der Waals surface area contributed by atoms with Crippen LogP contribution in [-0.2, 0) is 9.53 Å². The van der Waals surface area contributed by atoms with Gasteiger partial charge in [0.2, 0.25) is 0 Å². The lowest BCUT2D eigenvalue weighted by Crippen LogP contribution is -2.67. The number of hydrogen-bond acceptors (Lipinski definition) is 5. The number of rotatable bonds is 2. The molecule has 152 valence electrons. The predicted octanol–water partition coefficient (Wildman–Crippen LogP) is 2.43. The second kappa shape index (κ2) is 6.04. The molecule has 4 rings (SSSR count). The molecule has 9 atom stereocenters. The lowest BCUT2D eigenvalue weighted by Gasteiger charge is -2.66. The highest BCUT2D eigenvalue weighted by atomic mass is 16.5. The van der Waals surface area contributed by atoms with E-state index >= 15 is 0 Å². The summed E-state index contributed by atoms with van der Waals surface area (Å²) in [6, 6.07) is 0. The number of carbonyl (C=O) groups is 1. The zero-order valence-corrected chi connectivity index (χ0v) is 16.8. The number of carbonyl (C=O) groups excluding carboxylic acids is 1. The first-order chi connectivity index (χ1) is 12.6. The Morgan fingerprint density at radius 1 is 1.22 bits per heavy atom. The van der Waals surface area contributed by atoms with Gasteiger partial charge in [-0.25, -0.2) is 0 Å². The average molecular weight is 379 g/mol. The van der Waals surface area contributed by atoms with Crippen LogP contribution in [0.25, 0.3) is 0 Å². The minimum absolute atomic E-state index is 0.0383. The number of aliphatic hydroxyl groups excluding tert-OH is 3. The molecule has 0 aromatic carbocycles. The van der Waals surface area contributed by atoms with Crippen LogP contribution in [0.2, 0.25) is 0 Å². The summed E-state index contributed by atoms with van der Waals surface area (Å²) in [5, 5.41) is 32.8. The summed E-state index contributed by atoms with van der Waals surface area (Å²) in [7, 11) is 0. The zero-order valence-electron chi connectivity index (χ0n) is 16.8. The van der Waals surface area contributed by atoms with Crippen LogP contribution in [0.15, 0.2) is 12.2 Å². The van der Waals surface area contributed by atoms with Crippen molar-refractivity contribution in [2.45, 2.75) is 77.6 Å². The maximum absolute atomic E-state index is 11.6. The zero-order chi connectivity index (χ0) is 19.8. The summed E-state index contributed by atoms with van der Waals surface area (Å²) < 4.78 is 5.62. The Labute approximate surface area is 161 Å². The minimum Gasteiger partial charge on any atom is -0.462 e. The molecule has 27 heavy (non-hydrogen) atoms. The molecule has 0 amide bonds. The maximum Gasteiger partial charge on any atom is 0.302 e. The second-order valence-electron chi connectivity index (χ2n) is 10.2. The first-order valence-electron chi connectivity index (χ1n) is 10.4. The molecule has 0 aliphatic heterocycles. The lowest BCUT2D eigenvalue weighted by atomic mass is 9.39. The molecule has 0 aromatic heterocycles. The van der Waals surface area contributed by atoms with Gasteiger partial charge in [-0.15, -0.1) is 0 Å². The Morgan fingerprint density at radius 2 is 1.93 bits per heavy atom. The van der Waals surface area contributed by atoms with Gasteiger partial charge in [-0.3, -0.25) is 4.79 Å². The summed E-state index contributed by atoms with van der Waals surface area (Å²) >= 11 is 0. The molecular formula is C22H34O5. The van der Waals surface area contributed by atoms with E-state index in [1.165, 1.54) is 6.92 Å². The normalized spacial score (nSPS) is 54.2. The van der Waals surface area contributed by atoms with Gasteiger partial charge in [-0.2, -0.15) is 0 Å². The quantitative estimate of drug-likeness (QED) is 0.507. The molecule has 5 nitrogen and oxygen atoms in total. The lowest BCUT2D eigenvalue weighted by molar-refractivity contribution is -0.248. The fourth-order valence-corrected chi connectivity index (χ4v) is 7.92. The van der Waals surface area contributed by atoms with Crippen molar-refractivity contribution in [3.63, 3.8) is 0 Å². The molecule has 4 aliphatic rings. The SMILES string of the molecule is C=C1[C@@H]2CC[C@H]3[C@]4(C)CC[C@@H](OC(C)=O)[C@](C)(CO)[C@H]4C[C@H](O)[C@]3(C2)[C@H]1O. The van der Waals surface area contributed by atoms with Gasteiger partial charge in [-0.1, -0.05) is 20.4 Å². The van der Waals surface area contributed by atoms with Crippen molar-refractivity contribution < 1.29 is 24.9 Å². The summed E-state index contributed by atoms with van der Waals surface area (Å²) in [5.41, 5.74) is -0.296. The van der Waals surface area contributed by atoms with Gasteiger partial charge in [0, 0.05) is 17.8 Å². The maximum atomic E-state index is 11.6. The molecule has 3 N–H and O–H groups in total. The largest absolute Gasteiger partial charge is 0.462 e. The highest BCUT2D eigenvalue weighted by molar-refractivity contribution is 5.66. The van der Waals surface area contributed by atoms with E-state index in [0.717, 1.165) is 31.3 Å². The molecule has 0 saturated heterocycles. The fourth-order valence-electron chi connectivity index (χ4n) is 7.92. The van der Waals surface area contributed by atoms with Crippen molar-refractivity contribution in [3.05, 3.63) is 12.2 Å². The fraction of sp³-hybridized carbons (Fsp3) is 0.864. The van der Waals surface area contributed by atoms with Gasteiger partial charge in [0.25, 0.3) is 0 Å². The Kier molecular flexibility index (Phi) is 4.34.